The van der Waals surface area contributed by atoms with E-state index in [0.717, 1.165) is 20.8 Å². The average Bonchev–Trinajstić information content (AvgIpc) is 2.17. The molecule has 13 heavy (non-hydrogen) atoms. The van der Waals surface area contributed by atoms with Crippen LogP contribution < -0.4 is 10.5 Å². The third-order valence-corrected chi connectivity index (χ3v) is 3.01. The summed E-state index contributed by atoms with van der Waals surface area (Å²) in [6.45, 7) is 0.430. The van der Waals surface area contributed by atoms with E-state index in [1.54, 1.807) is 25.1 Å². The molecule has 0 unspecified atom stereocenters. The highest BCUT2D eigenvalue weighted by Gasteiger charge is 2.11. The van der Waals surface area contributed by atoms with Gasteiger partial charge in [0.2, 0.25) is 0 Å². The fraction of sp³-hybridized carbons (Fsp3) is 0.375. The number of nitrogens with two attached hydrogens (primary N) is 1. The summed E-state index contributed by atoms with van der Waals surface area (Å²) in [7, 11) is 1.64. The van der Waals surface area contributed by atoms with Crippen molar-refractivity contribution in [1.29, 1.82) is 0 Å². The van der Waals surface area contributed by atoms with Crippen LogP contribution in [0.1, 0.15) is 5.69 Å². The van der Waals surface area contributed by atoms with Gasteiger partial charge in [-0.1, -0.05) is 0 Å². The first kappa shape index (κ1) is 10.8. The van der Waals surface area contributed by atoms with Crippen LogP contribution in [0.15, 0.2) is 15.6 Å². The molecule has 0 radical (unpaired) electrons. The fourth-order valence-corrected chi connectivity index (χ4v) is 2.38. The van der Waals surface area contributed by atoms with Crippen molar-refractivity contribution in [1.82, 2.24) is 4.98 Å². The molecule has 0 fully saturated rings. The van der Waals surface area contributed by atoms with Gasteiger partial charge in [-0.3, -0.25) is 4.98 Å². The van der Waals surface area contributed by atoms with Gasteiger partial charge in [0.1, 0.15) is 5.75 Å². The van der Waals surface area contributed by atoms with Crippen LogP contribution in [-0.4, -0.2) is 18.3 Å². The molecule has 0 saturated heterocycles. The molecular weight excluding hydrogens is 252 g/mol. The summed E-state index contributed by atoms with van der Waals surface area (Å²) in [6, 6.07) is 0. The zero-order valence-electron chi connectivity index (χ0n) is 7.50. The first-order chi connectivity index (χ1) is 6.24. The van der Waals surface area contributed by atoms with Crippen LogP contribution in [0.5, 0.6) is 5.75 Å². The SMILES string of the molecule is COc1c(Br)cnc(CN)c1SC. The molecule has 0 aliphatic heterocycles. The molecule has 1 heterocycles. The number of ether oxygens (including phenoxy) is 1. The van der Waals surface area contributed by atoms with Gasteiger partial charge in [-0.25, -0.2) is 0 Å². The molecule has 0 atom stereocenters. The van der Waals surface area contributed by atoms with Crippen molar-refractivity contribution in [3.05, 3.63) is 16.4 Å². The van der Waals surface area contributed by atoms with Gasteiger partial charge in [0.15, 0.2) is 0 Å². The quantitative estimate of drug-likeness (QED) is 0.848. The normalized spacial score (nSPS) is 10.2. The zero-order valence-corrected chi connectivity index (χ0v) is 9.91. The lowest BCUT2D eigenvalue weighted by Crippen LogP contribution is -2.03. The van der Waals surface area contributed by atoms with Crippen molar-refractivity contribution < 1.29 is 4.74 Å². The van der Waals surface area contributed by atoms with E-state index < -0.39 is 0 Å². The Morgan fingerprint density at radius 1 is 1.69 bits per heavy atom. The Balaban J connectivity index is 3.27. The summed E-state index contributed by atoms with van der Waals surface area (Å²) >= 11 is 4.96. The standard InChI is InChI=1S/C8H11BrN2OS/c1-12-7-5(9)4-11-6(3-10)8(7)13-2/h4H,3,10H2,1-2H3. The van der Waals surface area contributed by atoms with E-state index in [9.17, 15) is 0 Å². The number of nitrogens with zero attached hydrogens (tertiary/aromatic N) is 1. The Bertz CT molecular complexity index is 306. The van der Waals surface area contributed by atoms with Gasteiger partial charge in [0.05, 0.1) is 22.2 Å². The summed E-state index contributed by atoms with van der Waals surface area (Å²) in [5.41, 5.74) is 6.42. The van der Waals surface area contributed by atoms with Gasteiger partial charge in [0, 0.05) is 12.7 Å². The van der Waals surface area contributed by atoms with Crippen molar-refractivity contribution in [2.75, 3.05) is 13.4 Å². The monoisotopic (exact) mass is 262 g/mol. The van der Waals surface area contributed by atoms with Crippen LogP contribution in [0.4, 0.5) is 0 Å². The van der Waals surface area contributed by atoms with Crippen molar-refractivity contribution >= 4 is 27.7 Å². The molecular formula is C8H11BrN2OS. The lowest BCUT2D eigenvalue weighted by atomic mass is 10.3. The summed E-state index contributed by atoms with van der Waals surface area (Å²) in [4.78, 5) is 5.20. The molecule has 0 aliphatic carbocycles. The maximum absolute atomic E-state index is 5.55. The molecule has 72 valence electrons. The van der Waals surface area contributed by atoms with E-state index in [4.69, 9.17) is 10.5 Å². The maximum atomic E-state index is 5.55. The smallest absolute Gasteiger partial charge is 0.150 e. The molecule has 1 aromatic heterocycles. The largest absolute Gasteiger partial charge is 0.494 e. The lowest BCUT2D eigenvalue weighted by Gasteiger charge is -2.11. The van der Waals surface area contributed by atoms with Crippen molar-refractivity contribution in [2.24, 2.45) is 5.73 Å². The minimum atomic E-state index is 0.430. The van der Waals surface area contributed by atoms with Crippen LogP contribution in [-0.2, 0) is 6.54 Å². The van der Waals surface area contributed by atoms with Crippen LogP contribution in [0, 0.1) is 0 Å². The Morgan fingerprint density at radius 2 is 2.38 bits per heavy atom. The minimum Gasteiger partial charge on any atom is -0.494 e. The predicted octanol–water partition coefficient (Wildman–Crippen LogP) is 2.03. The number of aromatic nitrogens is 1. The third-order valence-electron chi connectivity index (χ3n) is 1.62. The van der Waals surface area contributed by atoms with E-state index >= 15 is 0 Å². The average molecular weight is 263 g/mol. The Hall–Kier alpha value is -0.260. The highest BCUT2D eigenvalue weighted by atomic mass is 79.9. The number of halogens is 1. The van der Waals surface area contributed by atoms with Crippen LogP contribution >= 0.6 is 27.7 Å². The topological polar surface area (TPSA) is 48.1 Å². The predicted molar refractivity (Wildman–Crippen MR) is 58.2 cm³/mol. The molecule has 2 N–H and O–H groups in total. The van der Waals surface area contributed by atoms with E-state index in [2.05, 4.69) is 20.9 Å². The Kier molecular flexibility index (Phi) is 4.02. The van der Waals surface area contributed by atoms with Crippen LogP contribution in [0.25, 0.3) is 0 Å². The van der Waals surface area contributed by atoms with Crippen molar-refractivity contribution in [3.8, 4) is 5.75 Å². The van der Waals surface area contributed by atoms with Gasteiger partial charge >= 0.3 is 0 Å². The highest BCUT2D eigenvalue weighted by Crippen LogP contribution is 2.35. The zero-order chi connectivity index (χ0) is 9.84. The first-order valence-electron chi connectivity index (χ1n) is 3.70. The van der Waals surface area contributed by atoms with Crippen LogP contribution in [0.2, 0.25) is 0 Å². The summed E-state index contributed by atoms with van der Waals surface area (Å²) in [5, 5.41) is 0. The molecule has 1 aromatic rings. The summed E-state index contributed by atoms with van der Waals surface area (Å²) in [5.74, 6) is 0.808. The number of hydrogen-bond acceptors (Lipinski definition) is 4. The molecule has 3 nitrogen and oxygen atoms in total. The van der Waals surface area contributed by atoms with Crippen LogP contribution in [0.3, 0.4) is 0 Å². The Labute approximate surface area is 90.2 Å². The fourth-order valence-electron chi connectivity index (χ4n) is 1.04. The Morgan fingerprint density at radius 3 is 2.85 bits per heavy atom. The number of methoxy groups -OCH3 is 1. The number of thioether (sulfide) groups is 1. The second-order valence-corrected chi connectivity index (χ2v) is 3.99. The summed E-state index contributed by atoms with van der Waals surface area (Å²) < 4.78 is 6.10. The molecule has 0 saturated carbocycles. The second kappa shape index (κ2) is 4.83. The lowest BCUT2D eigenvalue weighted by molar-refractivity contribution is 0.399. The first-order valence-corrected chi connectivity index (χ1v) is 5.71. The number of hydrogen-bond donors (Lipinski definition) is 1. The molecule has 0 bridgehead atoms. The second-order valence-electron chi connectivity index (χ2n) is 2.32. The highest BCUT2D eigenvalue weighted by molar-refractivity contribution is 9.10. The molecule has 1 rings (SSSR count). The number of rotatable bonds is 3. The molecule has 0 spiro atoms. The molecule has 0 aromatic carbocycles. The van der Waals surface area contributed by atoms with Crippen molar-refractivity contribution in [3.63, 3.8) is 0 Å². The van der Waals surface area contributed by atoms with Gasteiger partial charge in [-0.05, 0) is 22.2 Å². The summed E-state index contributed by atoms with van der Waals surface area (Å²) in [6.07, 6.45) is 3.69. The number of pyridine rings is 1. The molecule has 0 amide bonds. The van der Waals surface area contributed by atoms with E-state index in [0.29, 0.717) is 6.54 Å². The molecule has 0 aliphatic rings. The molecule has 5 heteroatoms. The van der Waals surface area contributed by atoms with Gasteiger partial charge in [-0.15, -0.1) is 11.8 Å². The van der Waals surface area contributed by atoms with Crippen molar-refractivity contribution in [2.45, 2.75) is 11.4 Å². The third kappa shape index (κ3) is 2.15. The van der Waals surface area contributed by atoms with E-state index in [1.807, 2.05) is 6.26 Å². The van der Waals surface area contributed by atoms with Gasteiger partial charge in [0.25, 0.3) is 0 Å². The van der Waals surface area contributed by atoms with Gasteiger partial charge in [-0.2, -0.15) is 0 Å². The van der Waals surface area contributed by atoms with E-state index in [1.165, 1.54) is 0 Å². The maximum Gasteiger partial charge on any atom is 0.150 e. The van der Waals surface area contributed by atoms with E-state index in [-0.39, 0.29) is 0 Å². The van der Waals surface area contributed by atoms with Gasteiger partial charge < -0.3 is 10.5 Å². The minimum absolute atomic E-state index is 0.430.